The zero-order valence-corrected chi connectivity index (χ0v) is 21.7. The van der Waals surface area contributed by atoms with Crippen LogP contribution in [-0.2, 0) is 18.3 Å². The summed E-state index contributed by atoms with van der Waals surface area (Å²) in [6.45, 7) is 4.44. The van der Waals surface area contributed by atoms with E-state index in [-0.39, 0.29) is 29.9 Å². The fourth-order valence-corrected chi connectivity index (χ4v) is 5.09. The van der Waals surface area contributed by atoms with Gasteiger partial charge in [0.1, 0.15) is 6.54 Å². The molecule has 3 aromatic heterocycles. The SMILES string of the molecule is CN=C(NCCc1ccc(-c2csc(C)n2)s1)N1CCN(c2cnn(C)c2)C(=O)C1.I. The second-order valence-corrected chi connectivity index (χ2v) is 9.31. The maximum absolute atomic E-state index is 12.6. The number of piperazine rings is 1. The van der Waals surface area contributed by atoms with Gasteiger partial charge in [-0.25, -0.2) is 4.98 Å². The summed E-state index contributed by atoms with van der Waals surface area (Å²) in [5.41, 5.74) is 1.90. The predicted molar refractivity (Wildman–Crippen MR) is 138 cm³/mol. The number of halogens is 1. The Morgan fingerprint density at radius 1 is 1.32 bits per heavy atom. The van der Waals surface area contributed by atoms with Crippen molar-refractivity contribution >= 4 is 64.2 Å². The van der Waals surface area contributed by atoms with Crippen LogP contribution in [0.1, 0.15) is 9.88 Å². The molecule has 1 aliphatic heterocycles. The number of anilines is 1. The first-order valence-electron chi connectivity index (χ1n) is 9.79. The van der Waals surface area contributed by atoms with Gasteiger partial charge in [0.2, 0.25) is 5.91 Å². The summed E-state index contributed by atoms with van der Waals surface area (Å²) in [6.07, 6.45) is 4.49. The normalized spacial score (nSPS) is 14.7. The molecule has 0 atom stereocenters. The van der Waals surface area contributed by atoms with Gasteiger partial charge in [0, 0.05) is 50.2 Å². The van der Waals surface area contributed by atoms with E-state index in [1.807, 2.05) is 25.1 Å². The first kappa shape index (κ1) is 23.7. The number of nitrogens with one attached hydrogen (secondary N) is 1. The van der Waals surface area contributed by atoms with E-state index in [2.05, 4.69) is 37.9 Å². The summed E-state index contributed by atoms with van der Waals surface area (Å²) in [5, 5.41) is 10.8. The quantitative estimate of drug-likeness (QED) is 0.290. The van der Waals surface area contributed by atoms with Crippen LogP contribution < -0.4 is 10.2 Å². The van der Waals surface area contributed by atoms with Gasteiger partial charge < -0.3 is 15.1 Å². The molecular weight excluding hydrogens is 545 g/mol. The molecule has 8 nitrogen and oxygen atoms in total. The lowest BCUT2D eigenvalue weighted by atomic mass is 10.3. The molecule has 1 amide bonds. The average molecular weight is 572 g/mol. The monoisotopic (exact) mass is 571 g/mol. The molecule has 1 saturated heterocycles. The van der Waals surface area contributed by atoms with Crippen LogP contribution in [0.4, 0.5) is 5.69 Å². The number of nitrogens with zero attached hydrogens (tertiary/aromatic N) is 6. The Kier molecular flexibility index (Phi) is 8.06. The van der Waals surface area contributed by atoms with Crippen LogP contribution in [0.5, 0.6) is 0 Å². The van der Waals surface area contributed by atoms with Gasteiger partial charge in [-0.3, -0.25) is 14.5 Å². The molecule has 4 rings (SSSR count). The minimum atomic E-state index is 0. The molecule has 0 aromatic carbocycles. The van der Waals surface area contributed by atoms with Gasteiger partial charge in [-0.2, -0.15) is 5.10 Å². The highest BCUT2D eigenvalue weighted by Gasteiger charge is 2.27. The third-order valence-electron chi connectivity index (χ3n) is 4.92. The number of aryl methyl sites for hydroxylation is 2. The number of aromatic nitrogens is 3. The second-order valence-electron chi connectivity index (χ2n) is 7.08. The van der Waals surface area contributed by atoms with E-state index in [4.69, 9.17) is 0 Å². The molecule has 0 aliphatic carbocycles. The summed E-state index contributed by atoms with van der Waals surface area (Å²) in [4.78, 5) is 27.9. The Hall–Kier alpha value is -1.99. The molecule has 1 N–H and O–H groups in total. The molecule has 0 saturated carbocycles. The highest BCUT2D eigenvalue weighted by atomic mass is 127. The smallest absolute Gasteiger partial charge is 0.246 e. The number of guanidine groups is 1. The lowest BCUT2D eigenvalue weighted by molar-refractivity contribution is -0.120. The highest BCUT2D eigenvalue weighted by Crippen LogP contribution is 2.29. The molecule has 1 fully saturated rings. The van der Waals surface area contributed by atoms with Crippen molar-refractivity contribution in [1.29, 1.82) is 0 Å². The van der Waals surface area contributed by atoms with Gasteiger partial charge in [0.15, 0.2) is 5.96 Å². The molecule has 0 unspecified atom stereocenters. The minimum Gasteiger partial charge on any atom is -0.356 e. The number of rotatable bonds is 5. The van der Waals surface area contributed by atoms with Crippen LogP contribution in [0.3, 0.4) is 0 Å². The number of hydrogen-bond acceptors (Lipinski definition) is 6. The Morgan fingerprint density at radius 2 is 2.16 bits per heavy atom. The number of amides is 1. The maximum atomic E-state index is 12.6. The van der Waals surface area contributed by atoms with E-state index in [9.17, 15) is 4.79 Å². The molecule has 11 heteroatoms. The van der Waals surface area contributed by atoms with Crippen molar-refractivity contribution in [3.8, 4) is 10.6 Å². The molecule has 1 aliphatic rings. The Labute approximate surface area is 207 Å². The summed E-state index contributed by atoms with van der Waals surface area (Å²) < 4.78 is 1.71. The molecule has 0 radical (unpaired) electrons. The summed E-state index contributed by atoms with van der Waals surface area (Å²) in [6, 6.07) is 4.30. The first-order valence-corrected chi connectivity index (χ1v) is 11.5. The standard InChI is InChI=1S/C20H25N7OS2.HI/c1-14-24-17(13-29-14)18-5-4-16(30-18)6-7-22-20(21-2)26-8-9-27(19(28)12-26)15-10-23-25(3)11-15;/h4-5,10-11,13H,6-9,12H2,1-3H3,(H,21,22);1H. The minimum absolute atomic E-state index is 0. The van der Waals surface area contributed by atoms with Crippen molar-refractivity contribution in [2.75, 3.05) is 38.1 Å². The predicted octanol–water partition coefficient (Wildman–Crippen LogP) is 3.00. The van der Waals surface area contributed by atoms with Gasteiger partial charge in [0.05, 0.1) is 27.5 Å². The van der Waals surface area contributed by atoms with Crippen molar-refractivity contribution in [3.63, 3.8) is 0 Å². The average Bonchev–Trinajstić information content (AvgIpc) is 3.46. The van der Waals surface area contributed by atoms with Crippen LogP contribution in [0.15, 0.2) is 34.9 Å². The molecule has 3 aromatic rings. The molecule has 0 bridgehead atoms. The van der Waals surface area contributed by atoms with Gasteiger partial charge in [-0.1, -0.05) is 0 Å². The van der Waals surface area contributed by atoms with Crippen LogP contribution in [0, 0.1) is 6.92 Å². The number of thiophene rings is 1. The summed E-state index contributed by atoms with van der Waals surface area (Å²) >= 11 is 3.45. The van der Waals surface area contributed by atoms with Gasteiger partial charge in [-0.05, 0) is 25.5 Å². The van der Waals surface area contributed by atoms with E-state index < -0.39 is 0 Å². The fourth-order valence-electron chi connectivity index (χ4n) is 3.43. The van der Waals surface area contributed by atoms with Crippen molar-refractivity contribution in [2.45, 2.75) is 13.3 Å². The topological polar surface area (TPSA) is 78.7 Å². The van der Waals surface area contributed by atoms with Crippen molar-refractivity contribution in [1.82, 2.24) is 25.0 Å². The fraction of sp³-hybridized carbons (Fsp3) is 0.400. The largest absolute Gasteiger partial charge is 0.356 e. The van der Waals surface area contributed by atoms with Crippen molar-refractivity contribution < 1.29 is 4.79 Å². The Bertz CT molecular complexity index is 1060. The van der Waals surface area contributed by atoms with Crippen LogP contribution in [0.2, 0.25) is 0 Å². The van der Waals surface area contributed by atoms with Crippen LogP contribution in [-0.4, -0.2) is 64.8 Å². The lowest BCUT2D eigenvalue weighted by Crippen LogP contribution is -2.55. The number of aliphatic imine (C=N–C) groups is 1. The first-order chi connectivity index (χ1) is 14.5. The van der Waals surface area contributed by atoms with E-state index >= 15 is 0 Å². The third-order valence-corrected chi connectivity index (χ3v) is 6.86. The van der Waals surface area contributed by atoms with Gasteiger partial charge in [-0.15, -0.1) is 46.7 Å². The number of hydrogen-bond donors (Lipinski definition) is 1. The number of carbonyl (C=O) groups is 1. The zero-order valence-electron chi connectivity index (χ0n) is 17.7. The highest BCUT2D eigenvalue weighted by molar-refractivity contribution is 14.0. The van der Waals surface area contributed by atoms with Gasteiger partial charge in [0.25, 0.3) is 0 Å². The number of thiazole rings is 1. The zero-order chi connectivity index (χ0) is 21.1. The molecule has 166 valence electrons. The van der Waals surface area contributed by atoms with Crippen molar-refractivity contribution in [3.05, 3.63) is 39.8 Å². The summed E-state index contributed by atoms with van der Waals surface area (Å²) in [7, 11) is 3.61. The third kappa shape index (κ3) is 5.63. The molecule has 0 spiro atoms. The number of carbonyl (C=O) groups excluding carboxylic acids is 1. The van der Waals surface area contributed by atoms with Crippen molar-refractivity contribution in [2.24, 2.45) is 12.0 Å². The van der Waals surface area contributed by atoms with E-state index in [0.29, 0.717) is 13.1 Å². The van der Waals surface area contributed by atoms with Gasteiger partial charge >= 0.3 is 0 Å². The van der Waals surface area contributed by atoms with E-state index in [1.54, 1.807) is 45.5 Å². The molecule has 4 heterocycles. The van der Waals surface area contributed by atoms with E-state index in [0.717, 1.165) is 41.9 Å². The molecular formula is C20H26IN7OS2. The van der Waals surface area contributed by atoms with Crippen LogP contribution in [0.25, 0.3) is 10.6 Å². The Balaban J connectivity index is 0.00000272. The second kappa shape index (κ2) is 10.6. The van der Waals surface area contributed by atoms with Crippen LogP contribution >= 0.6 is 46.7 Å². The summed E-state index contributed by atoms with van der Waals surface area (Å²) in [5.74, 6) is 0.819. The van der Waals surface area contributed by atoms with E-state index in [1.165, 1.54) is 9.75 Å². The maximum Gasteiger partial charge on any atom is 0.246 e. The molecule has 31 heavy (non-hydrogen) atoms. The lowest BCUT2D eigenvalue weighted by Gasteiger charge is -2.35. The Morgan fingerprint density at radius 3 is 2.81 bits per heavy atom.